The van der Waals surface area contributed by atoms with Gasteiger partial charge < -0.3 is 10.8 Å². The molecule has 1 aromatic carbocycles. The fraction of sp³-hybridized carbons (Fsp3) is 0.571. The zero-order valence-corrected chi connectivity index (χ0v) is 12.1. The van der Waals surface area contributed by atoms with Gasteiger partial charge in [-0.05, 0) is 38.1 Å². The van der Waals surface area contributed by atoms with Crippen LogP contribution in [0.15, 0.2) is 24.3 Å². The van der Waals surface area contributed by atoms with Gasteiger partial charge >= 0.3 is 0 Å². The first-order valence-corrected chi connectivity index (χ1v) is 6.72. The minimum absolute atomic E-state index is 0.0370. The van der Waals surface area contributed by atoms with Crippen LogP contribution in [0.1, 0.15) is 31.9 Å². The van der Waals surface area contributed by atoms with E-state index in [1.807, 2.05) is 31.3 Å². The quantitative estimate of drug-likeness (QED) is 0.835. The number of likely N-dealkylation sites (N-methyl/N-ethyl adjacent to an activating group) is 1. The number of hydrogen-bond acceptors (Lipinski definition) is 3. The third-order valence-electron chi connectivity index (χ3n) is 3.12. The minimum atomic E-state index is -0.367. The van der Waals surface area contributed by atoms with Crippen LogP contribution in [0.3, 0.4) is 0 Å². The van der Waals surface area contributed by atoms with E-state index in [1.165, 1.54) is 0 Å². The van der Waals surface area contributed by atoms with Gasteiger partial charge in [0.1, 0.15) is 0 Å². The van der Waals surface area contributed by atoms with E-state index in [4.69, 9.17) is 17.3 Å². The predicted molar refractivity (Wildman–Crippen MR) is 76.8 cm³/mol. The van der Waals surface area contributed by atoms with Gasteiger partial charge in [0.05, 0.1) is 6.10 Å². The van der Waals surface area contributed by atoms with Crippen molar-refractivity contribution in [2.75, 3.05) is 13.6 Å². The standard InChI is InChI=1S/C14H23ClN2O/c1-4-13(16)14(17(3)9-10(2)18)11-5-7-12(15)8-6-11/h5-8,10,13-14,18H,4,9,16H2,1-3H3. The molecule has 0 fully saturated rings. The van der Waals surface area contributed by atoms with Crippen molar-refractivity contribution in [3.05, 3.63) is 34.9 Å². The van der Waals surface area contributed by atoms with E-state index in [0.29, 0.717) is 6.54 Å². The molecule has 0 radical (unpaired) electrons. The number of benzene rings is 1. The molecule has 0 amide bonds. The first kappa shape index (κ1) is 15.4. The molecule has 102 valence electrons. The summed E-state index contributed by atoms with van der Waals surface area (Å²) in [5, 5.41) is 10.2. The maximum absolute atomic E-state index is 9.51. The van der Waals surface area contributed by atoms with Gasteiger partial charge in [-0.1, -0.05) is 30.7 Å². The SMILES string of the molecule is CCC(N)C(c1ccc(Cl)cc1)N(C)CC(C)O. The molecule has 0 saturated carbocycles. The highest BCUT2D eigenvalue weighted by atomic mass is 35.5. The van der Waals surface area contributed by atoms with Crippen LogP contribution in [-0.2, 0) is 0 Å². The van der Waals surface area contributed by atoms with Crippen LogP contribution in [0.25, 0.3) is 0 Å². The van der Waals surface area contributed by atoms with Crippen molar-refractivity contribution in [2.45, 2.75) is 38.5 Å². The first-order chi connectivity index (χ1) is 8.45. The van der Waals surface area contributed by atoms with Gasteiger partial charge in [-0.25, -0.2) is 0 Å². The summed E-state index contributed by atoms with van der Waals surface area (Å²) in [5.41, 5.74) is 7.34. The molecule has 0 bridgehead atoms. The monoisotopic (exact) mass is 270 g/mol. The Labute approximate surface area is 115 Å². The highest BCUT2D eigenvalue weighted by Crippen LogP contribution is 2.25. The molecule has 3 unspecified atom stereocenters. The third kappa shape index (κ3) is 4.25. The van der Waals surface area contributed by atoms with Crippen LogP contribution in [0, 0.1) is 0 Å². The van der Waals surface area contributed by atoms with Crippen LogP contribution in [-0.4, -0.2) is 35.7 Å². The molecular formula is C14H23ClN2O. The molecule has 3 nitrogen and oxygen atoms in total. The van der Waals surface area contributed by atoms with E-state index in [2.05, 4.69) is 11.8 Å². The fourth-order valence-corrected chi connectivity index (χ4v) is 2.37. The second kappa shape index (κ2) is 7.10. The normalized spacial score (nSPS) is 16.6. The summed E-state index contributed by atoms with van der Waals surface area (Å²) in [6, 6.07) is 7.89. The first-order valence-electron chi connectivity index (χ1n) is 6.35. The largest absolute Gasteiger partial charge is 0.392 e. The highest BCUT2D eigenvalue weighted by Gasteiger charge is 2.23. The van der Waals surface area contributed by atoms with Crippen LogP contribution in [0.4, 0.5) is 0 Å². The molecule has 0 aliphatic rings. The number of aliphatic hydroxyl groups is 1. The Morgan fingerprint density at radius 3 is 2.33 bits per heavy atom. The molecule has 0 heterocycles. The summed E-state index contributed by atoms with van der Waals surface area (Å²) in [5.74, 6) is 0. The van der Waals surface area contributed by atoms with Crippen LogP contribution >= 0.6 is 11.6 Å². The van der Waals surface area contributed by atoms with Gasteiger partial charge in [0.2, 0.25) is 0 Å². The molecule has 1 rings (SSSR count). The number of hydrogen-bond donors (Lipinski definition) is 2. The number of nitrogens with zero attached hydrogens (tertiary/aromatic N) is 1. The smallest absolute Gasteiger partial charge is 0.0639 e. The van der Waals surface area contributed by atoms with Crippen molar-refractivity contribution in [3.63, 3.8) is 0 Å². The van der Waals surface area contributed by atoms with Crippen molar-refractivity contribution in [1.29, 1.82) is 0 Å². The van der Waals surface area contributed by atoms with Crippen molar-refractivity contribution in [3.8, 4) is 0 Å². The second-order valence-electron chi connectivity index (χ2n) is 4.86. The maximum atomic E-state index is 9.51. The summed E-state index contributed by atoms with van der Waals surface area (Å²) >= 11 is 5.91. The Hall–Kier alpha value is -0.610. The van der Waals surface area contributed by atoms with Crippen LogP contribution < -0.4 is 5.73 Å². The summed E-state index contributed by atoms with van der Waals surface area (Å²) in [6.45, 7) is 4.46. The van der Waals surface area contributed by atoms with Crippen molar-refractivity contribution < 1.29 is 5.11 Å². The molecule has 0 saturated heterocycles. The van der Waals surface area contributed by atoms with Gasteiger partial charge in [-0.15, -0.1) is 0 Å². The Bertz CT molecular complexity index is 353. The minimum Gasteiger partial charge on any atom is -0.392 e. The lowest BCUT2D eigenvalue weighted by molar-refractivity contribution is 0.107. The average Bonchev–Trinajstić information content (AvgIpc) is 2.30. The van der Waals surface area contributed by atoms with Crippen molar-refractivity contribution in [1.82, 2.24) is 4.90 Å². The summed E-state index contributed by atoms with van der Waals surface area (Å²) < 4.78 is 0. The van der Waals surface area contributed by atoms with E-state index in [-0.39, 0.29) is 18.2 Å². The second-order valence-corrected chi connectivity index (χ2v) is 5.29. The Kier molecular flexibility index (Phi) is 6.09. The lowest BCUT2D eigenvalue weighted by atomic mass is 9.96. The van der Waals surface area contributed by atoms with E-state index in [1.54, 1.807) is 6.92 Å². The molecular weight excluding hydrogens is 248 g/mol. The molecule has 0 aliphatic heterocycles. The van der Waals surface area contributed by atoms with E-state index in [0.717, 1.165) is 17.0 Å². The Morgan fingerprint density at radius 1 is 1.33 bits per heavy atom. The number of nitrogens with two attached hydrogens (primary N) is 1. The fourth-order valence-electron chi connectivity index (χ4n) is 2.24. The molecule has 0 aliphatic carbocycles. The summed E-state index contributed by atoms with van der Waals surface area (Å²) in [7, 11) is 1.99. The van der Waals surface area contributed by atoms with E-state index in [9.17, 15) is 5.11 Å². The number of aliphatic hydroxyl groups excluding tert-OH is 1. The molecule has 3 N–H and O–H groups in total. The zero-order chi connectivity index (χ0) is 13.7. The number of halogens is 1. The Morgan fingerprint density at radius 2 is 1.89 bits per heavy atom. The Balaban J connectivity index is 2.94. The third-order valence-corrected chi connectivity index (χ3v) is 3.37. The highest BCUT2D eigenvalue weighted by molar-refractivity contribution is 6.30. The topological polar surface area (TPSA) is 49.5 Å². The zero-order valence-electron chi connectivity index (χ0n) is 11.3. The summed E-state index contributed by atoms with van der Waals surface area (Å²) in [6.07, 6.45) is 0.520. The predicted octanol–water partition coefficient (Wildman–Crippen LogP) is 2.43. The lowest BCUT2D eigenvalue weighted by Gasteiger charge is -2.33. The van der Waals surface area contributed by atoms with Gasteiger partial charge in [-0.2, -0.15) is 0 Å². The summed E-state index contributed by atoms with van der Waals surface area (Å²) in [4.78, 5) is 2.10. The molecule has 1 aromatic rings. The maximum Gasteiger partial charge on any atom is 0.0639 e. The van der Waals surface area contributed by atoms with E-state index < -0.39 is 0 Å². The molecule has 0 aromatic heterocycles. The van der Waals surface area contributed by atoms with E-state index >= 15 is 0 Å². The molecule has 3 atom stereocenters. The van der Waals surface area contributed by atoms with Crippen LogP contribution in [0.2, 0.25) is 5.02 Å². The van der Waals surface area contributed by atoms with Gasteiger partial charge in [0.15, 0.2) is 0 Å². The van der Waals surface area contributed by atoms with Crippen LogP contribution in [0.5, 0.6) is 0 Å². The average molecular weight is 271 g/mol. The van der Waals surface area contributed by atoms with Gasteiger partial charge in [0.25, 0.3) is 0 Å². The molecule has 4 heteroatoms. The number of rotatable bonds is 6. The van der Waals surface area contributed by atoms with Crippen molar-refractivity contribution in [2.24, 2.45) is 5.73 Å². The van der Waals surface area contributed by atoms with Gasteiger partial charge in [-0.3, -0.25) is 4.90 Å². The van der Waals surface area contributed by atoms with Crippen molar-refractivity contribution >= 4 is 11.6 Å². The molecule has 18 heavy (non-hydrogen) atoms. The lowest BCUT2D eigenvalue weighted by Crippen LogP contribution is -2.41. The molecule has 0 spiro atoms. The van der Waals surface area contributed by atoms with Gasteiger partial charge in [0, 0.05) is 23.7 Å².